The molecule has 1 aliphatic heterocycles. The van der Waals surface area contributed by atoms with E-state index in [1.54, 1.807) is 36.4 Å². The predicted octanol–water partition coefficient (Wildman–Crippen LogP) is 6.36. The zero-order valence-corrected chi connectivity index (χ0v) is 22.5. The molecule has 0 atom stereocenters. The number of nitrogens with zero attached hydrogens (tertiary/aromatic N) is 1. The van der Waals surface area contributed by atoms with E-state index < -0.39 is 11.8 Å². The van der Waals surface area contributed by atoms with Crippen LogP contribution in [0.2, 0.25) is 10.0 Å². The highest BCUT2D eigenvalue weighted by atomic mass is 35.5. The molecule has 190 valence electrons. The Morgan fingerprint density at radius 1 is 0.946 bits per heavy atom. The van der Waals surface area contributed by atoms with Crippen molar-refractivity contribution in [2.75, 3.05) is 11.5 Å². The van der Waals surface area contributed by atoms with Crippen molar-refractivity contribution in [3.05, 3.63) is 93.0 Å². The minimum absolute atomic E-state index is 0.0380. The lowest BCUT2D eigenvalue weighted by molar-refractivity contribution is -0.122. The molecule has 3 aromatic carbocycles. The number of benzene rings is 3. The van der Waals surface area contributed by atoms with Crippen LogP contribution in [0.3, 0.4) is 0 Å². The Balaban J connectivity index is 1.60. The van der Waals surface area contributed by atoms with Crippen molar-refractivity contribution in [2.24, 2.45) is 0 Å². The molecule has 1 fully saturated rings. The van der Waals surface area contributed by atoms with Gasteiger partial charge in [-0.05, 0) is 79.2 Å². The number of rotatable bonds is 8. The topological polar surface area (TPSA) is 67.9 Å². The molecular weight excluding hydrogens is 531 g/mol. The van der Waals surface area contributed by atoms with E-state index in [0.29, 0.717) is 39.4 Å². The van der Waals surface area contributed by atoms with Gasteiger partial charge in [0.2, 0.25) is 0 Å². The Bertz CT molecular complexity index is 1390. The van der Waals surface area contributed by atoms with Gasteiger partial charge in [-0.2, -0.15) is 0 Å². The van der Waals surface area contributed by atoms with Crippen molar-refractivity contribution in [1.29, 1.82) is 0 Å². The summed E-state index contributed by atoms with van der Waals surface area (Å²) >= 11 is 17.5. The standard InChI is InChI=1S/C28H24Cl2N2O4S/c1-3-17-5-10-21(11-6-17)32-27(34)22(26(33)31-28(32)37)13-18-7-12-24(25(14-18)35-4-2)36-16-19-8-9-20(29)15-23(19)30/h5-15H,3-4,16H2,1-2H3,(H,31,33,37)/b22-13+. The maximum absolute atomic E-state index is 13.3. The summed E-state index contributed by atoms with van der Waals surface area (Å²) in [5.41, 5.74) is 3.03. The van der Waals surface area contributed by atoms with Crippen LogP contribution in [0.1, 0.15) is 30.5 Å². The molecule has 0 saturated carbocycles. The highest BCUT2D eigenvalue weighted by Crippen LogP contribution is 2.32. The van der Waals surface area contributed by atoms with Gasteiger partial charge in [-0.1, -0.05) is 54.4 Å². The summed E-state index contributed by atoms with van der Waals surface area (Å²) in [5, 5.41) is 3.69. The summed E-state index contributed by atoms with van der Waals surface area (Å²) in [4.78, 5) is 27.3. The fraction of sp³-hybridized carbons (Fsp3) is 0.179. The second-order valence-corrected chi connectivity index (χ2v) is 9.37. The van der Waals surface area contributed by atoms with Crippen molar-refractivity contribution in [3.8, 4) is 11.5 Å². The average Bonchev–Trinajstić information content (AvgIpc) is 2.87. The SMILES string of the molecule is CCOc1cc(/C=C2\C(=O)NC(=S)N(c3ccc(CC)cc3)C2=O)ccc1OCc1ccc(Cl)cc1Cl. The normalized spacial score (nSPS) is 14.6. The van der Waals surface area contributed by atoms with Crippen LogP contribution in [0, 0.1) is 0 Å². The second kappa shape index (κ2) is 11.8. The van der Waals surface area contributed by atoms with Gasteiger partial charge >= 0.3 is 0 Å². The van der Waals surface area contributed by atoms with E-state index in [1.165, 1.54) is 11.0 Å². The summed E-state index contributed by atoms with van der Waals surface area (Å²) in [6.07, 6.45) is 2.38. The van der Waals surface area contributed by atoms with Crippen LogP contribution >= 0.6 is 35.4 Å². The molecule has 0 aliphatic carbocycles. The van der Waals surface area contributed by atoms with E-state index in [2.05, 4.69) is 5.32 Å². The number of carbonyl (C=O) groups excluding carboxylic acids is 2. The van der Waals surface area contributed by atoms with E-state index >= 15 is 0 Å². The quantitative estimate of drug-likeness (QED) is 0.199. The molecular formula is C28H24Cl2N2O4S. The maximum atomic E-state index is 13.3. The summed E-state index contributed by atoms with van der Waals surface area (Å²) in [5.74, 6) is -0.109. The molecule has 3 aromatic rings. The van der Waals surface area contributed by atoms with Gasteiger partial charge < -0.3 is 9.47 Å². The minimum Gasteiger partial charge on any atom is -0.490 e. The van der Waals surface area contributed by atoms with Gasteiger partial charge in [0.15, 0.2) is 16.6 Å². The first-order chi connectivity index (χ1) is 17.8. The van der Waals surface area contributed by atoms with E-state index in [0.717, 1.165) is 17.5 Å². The van der Waals surface area contributed by atoms with Crippen LogP contribution in [0.4, 0.5) is 5.69 Å². The van der Waals surface area contributed by atoms with Crippen LogP contribution in [0.5, 0.6) is 11.5 Å². The third-order valence-electron chi connectivity index (χ3n) is 5.68. The monoisotopic (exact) mass is 554 g/mol. The van der Waals surface area contributed by atoms with Gasteiger partial charge in [-0.25, -0.2) is 0 Å². The number of aryl methyl sites for hydroxylation is 1. The largest absolute Gasteiger partial charge is 0.490 e. The van der Waals surface area contributed by atoms with Gasteiger partial charge in [0, 0.05) is 15.6 Å². The van der Waals surface area contributed by atoms with Crippen LogP contribution in [-0.2, 0) is 22.6 Å². The zero-order valence-electron chi connectivity index (χ0n) is 20.2. The van der Waals surface area contributed by atoms with Gasteiger partial charge in [0.1, 0.15) is 12.2 Å². The van der Waals surface area contributed by atoms with Crippen LogP contribution < -0.4 is 19.7 Å². The molecule has 1 saturated heterocycles. The molecule has 0 spiro atoms. The molecule has 2 amide bonds. The molecule has 9 heteroatoms. The molecule has 1 heterocycles. The van der Waals surface area contributed by atoms with Gasteiger partial charge in [0.25, 0.3) is 11.8 Å². The molecule has 4 rings (SSSR count). The van der Waals surface area contributed by atoms with Crippen LogP contribution in [0.25, 0.3) is 6.08 Å². The molecule has 1 N–H and O–H groups in total. The van der Waals surface area contributed by atoms with E-state index in [1.807, 2.05) is 38.1 Å². The Labute approximate surface area is 230 Å². The smallest absolute Gasteiger partial charge is 0.270 e. The van der Waals surface area contributed by atoms with E-state index in [4.69, 9.17) is 44.9 Å². The summed E-state index contributed by atoms with van der Waals surface area (Å²) in [6.45, 7) is 4.51. The molecule has 37 heavy (non-hydrogen) atoms. The lowest BCUT2D eigenvalue weighted by atomic mass is 10.1. The van der Waals surface area contributed by atoms with Crippen LogP contribution in [-0.4, -0.2) is 23.5 Å². The second-order valence-electron chi connectivity index (χ2n) is 8.14. The van der Waals surface area contributed by atoms with Crippen molar-refractivity contribution in [1.82, 2.24) is 5.32 Å². The first-order valence-electron chi connectivity index (χ1n) is 11.6. The number of hydrogen-bond acceptors (Lipinski definition) is 5. The lowest BCUT2D eigenvalue weighted by Gasteiger charge is -2.29. The fourth-order valence-corrected chi connectivity index (χ4v) is 4.48. The van der Waals surface area contributed by atoms with Crippen LogP contribution in [0.15, 0.2) is 66.2 Å². The first-order valence-corrected chi connectivity index (χ1v) is 12.8. The number of nitrogens with one attached hydrogen (secondary N) is 1. The average molecular weight is 555 g/mol. The number of thiocarbonyl (C=S) groups is 1. The highest BCUT2D eigenvalue weighted by molar-refractivity contribution is 7.80. The van der Waals surface area contributed by atoms with Crippen molar-refractivity contribution >= 4 is 64.1 Å². The Morgan fingerprint density at radius 2 is 1.70 bits per heavy atom. The number of hydrogen-bond donors (Lipinski definition) is 1. The van der Waals surface area contributed by atoms with Crippen molar-refractivity contribution < 1.29 is 19.1 Å². The third kappa shape index (κ3) is 6.13. The molecule has 0 aromatic heterocycles. The predicted molar refractivity (Wildman–Crippen MR) is 150 cm³/mol. The molecule has 0 unspecified atom stereocenters. The molecule has 6 nitrogen and oxygen atoms in total. The number of ether oxygens (including phenoxy) is 2. The number of amides is 2. The number of halogens is 2. The van der Waals surface area contributed by atoms with E-state index in [9.17, 15) is 9.59 Å². The number of carbonyl (C=O) groups is 2. The third-order valence-corrected chi connectivity index (χ3v) is 6.55. The van der Waals surface area contributed by atoms with Gasteiger partial charge in [-0.15, -0.1) is 0 Å². The van der Waals surface area contributed by atoms with E-state index in [-0.39, 0.29) is 17.3 Å². The molecule has 1 aliphatic rings. The maximum Gasteiger partial charge on any atom is 0.270 e. The Hall–Kier alpha value is -3.39. The van der Waals surface area contributed by atoms with Crippen molar-refractivity contribution in [2.45, 2.75) is 26.9 Å². The fourth-order valence-electron chi connectivity index (χ4n) is 3.74. The van der Waals surface area contributed by atoms with Crippen molar-refractivity contribution in [3.63, 3.8) is 0 Å². The minimum atomic E-state index is -0.563. The zero-order chi connectivity index (χ0) is 26.5. The Kier molecular flexibility index (Phi) is 8.48. The summed E-state index contributed by atoms with van der Waals surface area (Å²) in [7, 11) is 0. The summed E-state index contributed by atoms with van der Waals surface area (Å²) < 4.78 is 11.7. The first kappa shape index (κ1) is 26.7. The number of anilines is 1. The lowest BCUT2D eigenvalue weighted by Crippen LogP contribution is -2.54. The molecule has 0 bridgehead atoms. The van der Waals surface area contributed by atoms with Gasteiger partial charge in [0.05, 0.1) is 12.3 Å². The highest BCUT2D eigenvalue weighted by Gasteiger charge is 2.34. The Morgan fingerprint density at radius 3 is 2.38 bits per heavy atom. The molecule has 0 radical (unpaired) electrons. The summed E-state index contributed by atoms with van der Waals surface area (Å²) in [6, 6.07) is 17.8. The van der Waals surface area contributed by atoms with Gasteiger partial charge in [-0.3, -0.25) is 19.8 Å².